The number of anilines is 1. The average molecular weight is 486 g/mol. The molecule has 1 heterocycles. The van der Waals surface area contributed by atoms with Gasteiger partial charge in [-0.2, -0.15) is 0 Å². The van der Waals surface area contributed by atoms with Gasteiger partial charge in [0.25, 0.3) is 17.4 Å². The molecule has 5 rings (SSSR count). The molecule has 4 aromatic carbocycles. The number of nitrogens with zero attached hydrogens (tertiary/aromatic N) is 2. The number of halogens is 2. The summed E-state index contributed by atoms with van der Waals surface area (Å²) in [5.41, 5.74) is -0.342. The second-order valence-electron chi connectivity index (χ2n) is 8.14. The number of aliphatic hydroxyl groups excluding tert-OH is 1. The van der Waals surface area contributed by atoms with Crippen molar-refractivity contribution in [3.63, 3.8) is 0 Å². The van der Waals surface area contributed by atoms with Crippen molar-refractivity contribution in [3.05, 3.63) is 123 Å². The minimum absolute atomic E-state index is 0.0438. The van der Waals surface area contributed by atoms with Crippen LogP contribution in [0.1, 0.15) is 17.2 Å². The molecule has 7 nitrogen and oxygen atoms in total. The summed E-state index contributed by atoms with van der Waals surface area (Å²) in [7, 11) is 0. The number of amides is 1. The normalized spacial score (nSPS) is 17.1. The zero-order valence-corrected chi connectivity index (χ0v) is 18.4. The minimum atomic E-state index is -1.22. The van der Waals surface area contributed by atoms with E-state index < -0.39 is 40.0 Å². The summed E-state index contributed by atoms with van der Waals surface area (Å²) in [5.74, 6) is -5.11. The first-order valence-electron chi connectivity index (χ1n) is 10.8. The largest absolute Gasteiger partial charge is 0.507 e. The van der Waals surface area contributed by atoms with Crippen LogP contribution in [-0.4, -0.2) is 21.7 Å². The highest BCUT2D eigenvalue weighted by Crippen LogP contribution is 2.44. The van der Waals surface area contributed by atoms with E-state index in [0.29, 0.717) is 10.9 Å². The lowest BCUT2D eigenvalue weighted by Gasteiger charge is -2.26. The first kappa shape index (κ1) is 22.9. The molecule has 1 fully saturated rings. The van der Waals surface area contributed by atoms with E-state index in [1.165, 1.54) is 18.2 Å². The highest BCUT2D eigenvalue weighted by molar-refractivity contribution is 6.51. The number of non-ortho nitro benzene ring substituents is 1. The van der Waals surface area contributed by atoms with E-state index in [1.54, 1.807) is 24.3 Å². The smallest absolute Gasteiger partial charge is 0.300 e. The third kappa shape index (κ3) is 3.67. The van der Waals surface area contributed by atoms with Gasteiger partial charge in [0.2, 0.25) is 0 Å². The zero-order chi connectivity index (χ0) is 25.6. The molecule has 1 N–H and O–H groups in total. The maximum atomic E-state index is 14.2. The standard InChI is InChI=1S/C27H16F2N2O5/c28-21-12-11-17(14-22(21)29)30-24(20-10-4-6-15-5-1-2-9-19(15)20)23(26(33)27(30)34)25(32)16-7-3-8-18(13-16)31(35)36/h1-14,24,32H/b25-23-. The number of Topliss-reactive ketones (excluding diaryl/α,β-unsaturated/α-hetero) is 1. The number of ketones is 1. The summed E-state index contributed by atoms with van der Waals surface area (Å²) >= 11 is 0. The first-order chi connectivity index (χ1) is 17.3. The monoisotopic (exact) mass is 486 g/mol. The highest BCUT2D eigenvalue weighted by Gasteiger charge is 2.47. The number of hydrogen-bond donors (Lipinski definition) is 1. The van der Waals surface area contributed by atoms with Crippen molar-refractivity contribution < 1.29 is 28.4 Å². The van der Waals surface area contributed by atoms with E-state index in [4.69, 9.17) is 0 Å². The van der Waals surface area contributed by atoms with Crippen LogP contribution >= 0.6 is 0 Å². The van der Waals surface area contributed by atoms with E-state index in [-0.39, 0.29) is 22.5 Å². The number of benzene rings is 4. The molecular weight excluding hydrogens is 470 g/mol. The molecule has 1 unspecified atom stereocenters. The van der Waals surface area contributed by atoms with Gasteiger partial charge in [-0.1, -0.05) is 54.6 Å². The lowest BCUT2D eigenvalue weighted by atomic mass is 9.91. The maximum Gasteiger partial charge on any atom is 0.300 e. The molecule has 0 saturated carbocycles. The van der Waals surface area contributed by atoms with Crippen LogP contribution in [0, 0.1) is 21.7 Å². The fourth-order valence-corrected chi connectivity index (χ4v) is 4.44. The van der Waals surface area contributed by atoms with Gasteiger partial charge in [0.1, 0.15) is 5.76 Å². The predicted octanol–water partition coefficient (Wildman–Crippen LogP) is 5.65. The van der Waals surface area contributed by atoms with Gasteiger partial charge in [0.05, 0.1) is 16.5 Å². The highest BCUT2D eigenvalue weighted by atomic mass is 19.2. The van der Waals surface area contributed by atoms with Gasteiger partial charge in [0, 0.05) is 29.4 Å². The van der Waals surface area contributed by atoms with Crippen molar-refractivity contribution in [1.29, 1.82) is 0 Å². The van der Waals surface area contributed by atoms with Crippen molar-refractivity contribution in [2.24, 2.45) is 0 Å². The maximum absolute atomic E-state index is 14.2. The minimum Gasteiger partial charge on any atom is -0.507 e. The quantitative estimate of drug-likeness (QED) is 0.132. The number of fused-ring (bicyclic) bond motifs is 1. The van der Waals surface area contributed by atoms with Gasteiger partial charge < -0.3 is 5.11 Å². The number of nitro groups is 1. The van der Waals surface area contributed by atoms with Gasteiger partial charge in [-0.3, -0.25) is 24.6 Å². The van der Waals surface area contributed by atoms with Crippen molar-refractivity contribution >= 4 is 39.6 Å². The average Bonchev–Trinajstić information content (AvgIpc) is 3.15. The van der Waals surface area contributed by atoms with Crippen molar-refractivity contribution in [3.8, 4) is 0 Å². The number of nitro benzene ring substituents is 1. The third-order valence-corrected chi connectivity index (χ3v) is 6.07. The number of rotatable bonds is 4. The lowest BCUT2D eigenvalue weighted by molar-refractivity contribution is -0.384. The number of carbonyl (C=O) groups excluding carboxylic acids is 2. The fourth-order valence-electron chi connectivity index (χ4n) is 4.44. The Labute approximate surface area is 202 Å². The number of hydrogen-bond acceptors (Lipinski definition) is 5. The van der Waals surface area contributed by atoms with Crippen LogP contribution in [0.3, 0.4) is 0 Å². The van der Waals surface area contributed by atoms with Crippen LogP contribution in [0.15, 0.2) is 90.5 Å². The van der Waals surface area contributed by atoms with Crippen LogP contribution in [0.5, 0.6) is 0 Å². The number of aliphatic hydroxyl groups is 1. The molecule has 1 atom stereocenters. The molecular formula is C27H16F2N2O5. The fraction of sp³-hybridized carbons (Fsp3) is 0.0370. The van der Waals surface area contributed by atoms with E-state index >= 15 is 0 Å². The molecule has 0 aromatic heterocycles. The first-order valence-corrected chi connectivity index (χ1v) is 10.8. The molecule has 1 aliphatic rings. The Morgan fingerprint density at radius 2 is 1.61 bits per heavy atom. The molecule has 0 spiro atoms. The predicted molar refractivity (Wildman–Crippen MR) is 128 cm³/mol. The Morgan fingerprint density at radius 1 is 0.889 bits per heavy atom. The van der Waals surface area contributed by atoms with E-state index in [0.717, 1.165) is 34.6 Å². The molecule has 1 saturated heterocycles. The summed E-state index contributed by atoms with van der Waals surface area (Å²) in [4.78, 5) is 38.1. The molecule has 0 radical (unpaired) electrons. The van der Waals surface area contributed by atoms with Gasteiger partial charge in [-0.15, -0.1) is 0 Å². The molecule has 0 bridgehead atoms. The molecule has 1 amide bonds. The molecule has 178 valence electrons. The summed E-state index contributed by atoms with van der Waals surface area (Å²) in [6.45, 7) is 0. The summed E-state index contributed by atoms with van der Waals surface area (Å²) in [6, 6.07) is 18.9. The van der Waals surface area contributed by atoms with Crippen molar-refractivity contribution in [2.45, 2.75) is 6.04 Å². The van der Waals surface area contributed by atoms with Crippen molar-refractivity contribution in [1.82, 2.24) is 0 Å². The van der Waals surface area contributed by atoms with Gasteiger partial charge in [0.15, 0.2) is 11.6 Å². The van der Waals surface area contributed by atoms with E-state index in [2.05, 4.69) is 0 Å². The van der Waals surface area contributed by atoms with Gasteiger partial charge in [-0.05, 0) is 28.5 Å². The topological polar surface area (TPSA) is 101 Å². The lowest BCUT2D eigenvalue weighted by Crippen LogP contribution is -2.29. The summed E-state index contributed by atoms with van der Waals surface area (Å²) < 4.78 is 27.8. The summed E-state index contributed by atoms with van der Waals surface area (Å²) in [5, 5.41) is 23.9. The third-order valence-electron chi connectivity index (χ3n) is 6.07. The molecule has 9 heteroatoms. The summed E-state index contributed by atoms with van der Waals surface area (Å²) in [6.07, 6.45) is 0. The Bertz CT molecular complexity index is 1610. The van der Waals surface area contributed by atoms with Crippen LogP contribution in [0.25, 0.3) is 16.5 Å². The second-order valence-corrected chi connectivity index (χ2v) is 8.14. The van der Waals surface area contributed by atoms with Crippen LogP contribution in [0.2, 0.25) is 0 Å². The SMILES string of the molecule is O=C1C(=O)N(c2ccc(F)c(F)c2)C(c2cccc3ccccc23)/C1=C(/O)c1cccc([N+](=O)[O-])c1. The molecule has 1 aliphatic heterocycles. The Balaban J connectivity index is 1.81. The number of carbonyl (C=O) groups is 2. The molecule has 36 heavy (non-hydrogen) atoms. The van der Waals surface area contributed by atoms with Crippen LogP contribution < -0.4 is 4.90 Å². The second kappa shape index (κ2) is 8.70. The van der Waals surface area contributed by atoms with E-state index in [9.17, 15) is 33.6 Å². The molecule has 0 aliphatic carbocycles. The van der Waals surface area contributed by atoms with E-state index in [1.807, 2.05) is 18.2 Å². The Kier molecular flexibility index (Phi) is 5.52. The Hall–Kier alpha value is -4.92. The van der Waals surface area contributed by atoms with Gasteiger partial charge in [-0.25, -0.2) is 8.78 Å². The molecule has 4 aromatic rings. The van der Waals surface area contributed by atoms with Crippen LogP contribution in [-0.2, 0) is 9.59 Å². The van der Waals surface area contributed by atoms with Crippen molar-refractivity contribution in [2.75, 3.05) is 4.90 Å². The van der Waals surface area contributed by atoms with Crippen LogP contribution in [0.4, 0.5) is 20.2 Å². The van der Waals surface area contributed by atoms with Gasteiger partial charge >= 0.3 is 0 Å². The Morgan fingerprint density at radius 3 is 2.36 bits per heavy atom. The zero-order valence-electron chi connectivity index (χ0n) is 18.4.